The Morgan fingerprint density at radius 3 is 2.78 bits per heavy atom. The van der Waals surface area contributed by atoms with Gasteiger partial charge in [-0.05, 0) is 62.4 Å². The topological polar surface area (TPSA) is 79.2 Å². The number of carbonyl (C=O) groups excluding carboxylic acids is 1. The largest absolute Gasteiger partial charge is 0.444 e. The minimum atomic E-state index is -0.517. The van der Waals surface area contributed by atoms with Gasteiger partial charge in [0.15, 0.2) is 0 Å². The molecule has 0 aliphatic carbocycles. The van der Waals surface area contributed by atoms with Crippen LogP contribution in [0.5, 0.6) is 0 Å². The Labute approximate surface area is 174 Å². The van der Waals surface area contributed by atoms with E-state index in [0.717, 1.165) is 33.6 Å². The van der Waals surface area contributed by atoms with Crippen molar-refractivity contribution < 1.29 is 9.53 Å². The number of alkyl carbamates (subject to hydrolysis) is 1. The molecule has 2 rings (SSSR count). The monoisotopic (exact) mass is 485 g/mol. The number of aromatic nitrogens is 1. The van der Waals surface area contributed by atoms with E-state index >= 15 is 0 Å². The maximum absolute atomic E-state index is 12.2. The number of nitrogens with one attached hydrogen (secondary N) is 1. The first-order valence-corrected chi connectivity index (χ1v) is 10.0. The van der Waals surface area contributed by atoms with Gasteiger partial charge in [0, 0.05) is 32.5 Å². The molecule has 0 radical (unpaired) electrons. The van der Waals surface area contributed by atoms with Crippen LogP contribution in [0.3, 0.4) is 0 Å². The van der Waals surface area contributed by atoms with Gasteiger partial charge in [-0.2, -0.15) is 0 Å². The highest BCUT2D eigenvalue weighted by atomic mass is 127. The summed E-state index contributed by atoms with van der Waals surface area (Å²) >= 11 is 2.20. The molecule has 148 valence electrons. The standard InChI is InChI=1S/C19H28IN5O2/c1-12-7-13(24-18(26)27-19(2,3)4)11-25(10-12)17-14(8-21-5)16(22-6)15(20)9-23-17/h8-9,12-13H,6-7,10-11H2,1-5H3,(H,24,26)/t12-,13+/m0/s1. The van der Waals surface area contributed by atoms with Crippen molar-refractivity contribution in [2.24, 2.45) is 15.9 Å². The second-order valence-electron chi connectivity index (χ2n) is 7.83. The first kappa shape index (κ1) is 21.6. The molecule has 0 bridgehead atoms. The van der Waals surface area contributed by atoms with E-state index in [1.165, 1.54) is 0 Å². The average molecular weight is 485 g/mol. The zero-order valence-electron chi connectivity index (χ0n) is 16.6. The van der Waals surface area contributed by atoms with Crippen molar-refractivity contribution >= 4 is 53.1 Å². The van der Waals surface area contributed by atoms with Crippen LogP contribution in [0.1, 0.15) is 39.7 Å². The molecule has 1 saturated heterocycles. The fourth-order valence-electron chi connectivity index (χ4n) is 3.25. The summed E-state index contributed by atoms with van der Waals surface area (Å²) in [6.07, 6.45) is 4.07. The second kappa shape index (κ2) is 8.99. The van der Waals surface area contributed by atoms with Crippen LogP contribution in [-0.2, 0) is 4.74 Å². The molecule has 2 atom stereocenters. The Bertz CT molecular complexity index is 730. The van der Waals surface area contributed by atoms with Crippen LogP contribution in [0.15, 0.2) is 16.2 Å². The SMILES string of the molecule is C=Nc1c(I)cnc(N2C[C@@H](C)C[C@@H](NC(=O)OC(C)(C)C)C2)c1C=NC. The molecule has 1 N–H and O–H groups in total. The van der Waals surface area contributed by atoms with Crippen molar-refractivity contribution in [3.8, 4) is 0 Å². The van der Waals surface area contributed by atoms with Crippen molar-refractivity contribution in [2.45, 2.75) is 45.8 Å². The van der Waals surface area contributed by atoms with Crippen molar-refractivity contribution in [3.63, 3.8) is 0 Å². The van der Waals surface area contributed by atoms with Gasteiger partial charge in [0.1, 0.15) is 11.4 Å². The normalized spacial score (nSPS) is 20.6. The summed E-state index contributed by atoms with van der Waals surface area (Å²) in [6, 6.07) is -0.0174. The maximum Gasteiger partial charge on any atom is 0.407 e. The zero-order valence-corrected chi connectivity index (χ0v) is 18.8. The summed E-state index contributed by atoms with van der Waals surface area (Å²) in [5.74, 6) is 1.21. The molecule has 1 fully saturated rings. The molecule has 1 aromatic heterocycles. The van der Waals surface area contributed by atoms with Crippen LogP contribution in [-0.4, -0.2) is 55.8 Å². The number of carbonyl (C=O) groups is 1. The van der Waals surface area contributed by atoms with E-state index in [-0.39, 0.29) is 12.1 Å². The molecule has 27 heavy (non-hydrogen) atoms. The molecule has 2 heterocycles. The van der Waals surface area contributed by atoms with E-state index in [1.54, 1.807) is 19.5 Å². The highest BCUT2D eigenvalue weighted by molar-refractivity contribution is 14.1. The minimum Gasteiger partial charge on any atom is -0.444 e. The smallest absolute Gasteiger partial charge is 0.407 e. The number of hydrogen-bond acceptors (Lipinski definition) is 6. The number of halogens is 1. The number of pyridine rings is 1. The van der Waals surface area contributed by atoms with Crippen molar-refractivity contribution in [1.29, 1.82) is 0 Å². The Balaban J connectivity index is 2.26. The Morgan fingerprint density at radius 2 is 2.19 bits per heavy atom. The van der Waals surface area contributed by atoms with Gasteiger partial charge in [-0.25, -0.2) is 9.78 Å². The average Bonchev–Trinajstić information content (AvgIpc) is 2.53. The van der Waals surface area contributed by atoms with Crippen LogP contribution in [0, 0.1) is 9.49 Å². The highest BCUT2D eigenvalue weighted by Gasteiger charge is 2.30. The first-order chi connectivity index (χ1) is 12.6. The van der Waals surface area contributed by atoms with Crippen molar-refractivity contribution in [2.75, 3.05) is 25.0 Å². The fourth-order valence-corrected chi connectivity index (χ4v) is 3.85. The molecule has 0 unspecified atom stereocenters. The summed E-state index contributed by atoms with van der Waals surface area (Å²) in [7, 11) is 1.72. The number of piperidine rings is 1. The number of anilines is 1. The quantitative estimate of drug-likeness (QED) is 0.520. The lowest BCUT2D eigenvalue weighted by atomic mass is 9.95. The Hall–Kier alpha value is -1.71. The van der Waals surface area contributed by atoms with Gasteiger partial charge in [0.2, 0.25) is 0 Å². The van der Waals surface area contributed by atoms with E-state index in [9.17, 15) is 4.79 Å². The van der Waals surface area contributed by atoms with Gasteiger partial charge in [0.25, 0.3) is 0 Å². The van der Waals surface area contributed by atoms with E-state index < -0.39 is 5.60 Å². The van der Waals surface area contributed by atoms with Gasteiger partial charge in [-0.1, -0.05) is 6.92 Å². The van der Waals surface area contributed by atoms with Crippen LogP contribution >= 0.6 is 22.6 Å². The molecular formula is C19H28IN5O2. The minimum absolute atomic E-state index is 0.0174. The number of hydrogen-bond donors (Lipinski definition) is 1. The Morgan fingerprint density at radius 1 is 1.48 bits per heavy atom. The van der Waals surface area contributed by atoms with Gasteiger partial charge in [-0.15, -0.1) is 0 Å². The molecule has 8 heteroatoms. The van der Waals surface area contributed by atoms with Gasteiger partial charge in [-0.3, -0.25) is 9.98 Å². The van der Waals surface area contributed by atoms with Gasteiger partial charge in [0.05, 0.1) is 20.9 Å². The summed E-state index contributed by atoms with van der Waals surface area (Å²) in [4.78, 5) is 27.3. The summed E-state index contributed by atoms with van der Waals surface area (Å²) in [6.45, 7) is 12.9. The predicted octanol–water partition coefficient (Wildman–Crippen LogP) is 3.81. The lowest BCUT2D eigenvalue weighted by Crippen LogP contribution is -2.51. The van der Waals surface area contributed by atoms with Gasteiger partial charge >= 0.3 is 6.09 Å². The summed E-state index contributed by atoms with van der Waals surface area (Å²) in [5, 5.41) is 3.00. The molecule has 1 aliphatic heterocycles. The number of rotatable bonds is 4. The third-order valence-corrected chi connectivity index (χ3v) is 4.91. The molecule has 7 nitrogen and oxygen atoms in total. The van der Waals surface area contributed by atoms with E-state index in [1.807, 2.05) is 20.8 Å². The summed E-state index contributed by atoms with van der Waals surface area (Å²) in [5.41, 5.74) is 1.11. The van der Waals surface area contributed by atoms with Crippen LogP contribution < -0.4 is 10.2 Å². The zero-order chi connectivity index (χ0) is 20.2. The number of ether oxygens (including phenoxy) is 1. The lowest BCUT2D eigenvalue weighted by molar-refractivity contribution is 0.0495. The predicted molar refractivity (Wildman–Crippen MR) is 119 cm³/mol. The van der Waals surface area contributed by atoms with Crippen LogP contribution in [0.2, 0.25) is 0 Å². The Kier molecular flexibility index (Phi) is 7.19. The fraction of sp³-hybridized carbons (Fsp3) is 0.579. The molecule has 0 aromatic carbocycles. The molecule has 0 spiro atoms. The number of nitrogens with zero attached hydrogens (tertiary/aromatic N) is 4. The van der Waals surface area contributed by atoms with Crippen LogP contribution in [0.25, 0.3) is 0 Å². The number of aliphatic imine (C=N–C) groups is 2. The molecule has 1 aliphatic rings. The molecule has 1 aromatic rings. The van der Waals surface area contributed by atoms with Crippen molar-refractivity contribution in [3.05, 3.63) is 15.3 Å². The van der Waals surface area contributed by atoms with E-state index in [0.29, 0.717) is 12.5 Å². The van der Waals surface area contributed by atoms with Gasteiger partial charge < -0.3 is 15.0 Å². The third-order valence-electron chi connectivity index (χ3n) is 4.12. The summed E-state index contributed by atoms with van der Waals surface area (Å²) < 4.78 is 6.33. The maximum atomic E-state index is 12.2. The molecular weight excluding hydrogens is 457 g/mol. The highest BCUT2D eigenvalue weighted by Crippen LogP contribution is 2.32. The molecule has 0 saturated carbocycles. The second-order valence-corrected chi connectivity index (χ2v) is 8.99. The van der Waals surface area contributed by atoms with Crippen molar-refractivity contribution in [1.82, 2.24) is 10.3 Å². The first-order valence-electron chi connectivity index (χ1n) is 8.96. The molecule has 1 amide bonds. The van der Waals surface area contributed by atoms with E-state index in [2.05, 4.69) is 61.4 Å². The lowest BCUT2D eigenvalue weighted by Gasteiger charge is -2.38. The number of amides is 1. The van der Waals surface area contributed by atoms with E-state index in [4.69, 9.17) is 4.74 Å². The van der Waals surface area contributed by atoms with Crippen LogP contribution in [0.4, 0.5) is 16.3 Å². The third kappa shape index (κ3) is 5.88.